The van der Waals surface area contributed by atoms with E-state index in [-0.39, 0.29) is 11.7 Å². The Morgan fingerprint density at radius 3 is 2.72 bits per heavy atom. The molecule has 2 aromatic heterocycles. The molecule has 2 aromatic carbocycles. The number of halogens is 1. The van der Waals surface area contributed by atoms with Gasteiger partial charge >= 0.3 is 0 Å². The zero-order valence-electron chi connectivity index (χ0n) is 21.4. The second kappa shape index (κ2) is 11.6. The Morgan fingerprint density at radius 2 is 1.95 bits per heavy atom. The lowest BCUT2D eigenvalue weighted by Crippen LogP contribution is -2.35. The van der Waals surface area contributed by atoms with E-state index >= 15 is 0 Å². The second-order valence-electron chi connectivity index (χ2n) is 9.72. The summed E-state index contributed by atoms with van der Waals surface area (Å²) in [5.41, 5.74) is 8.60. The molecule has 1 fully saturated rings. The molecule has 4 atom stereocenters. The van der Waals surface area contributed by atoms with Crippen LogP contribution >= 0.6 is 15.9 Å². The van der Waals surface area contributed by atoms with Crippen LogP contribution in [0.15, 0.2) is 65.5 Å². The van der Waals surface area contributed by atoms with Gasteiger partial charge in [0.25, 0.3) is 0 Å². The van der Waals surface area contributed by atoms with Crippen LogP contribution in [0.25, 0.3) is 10.9 Å². The maximum atomic E-state index is 13.2. The molecule has 4 aromatic rings. The number of nitrogens with one attached hydrogen (secondary N) is 1. The van der Waals surface area contributed by atoms with Crippen molar-refractivity contribution in [1.29, 1.82) is 0 Å². The number of hydrogen-bond donors (Lipinski definition) is 4. The van der Waals surface area contributed by atoms with Gasteiger partial charge in [0.15, 0.2) is 5.78 Å². The fraction of sp³-hybridized carbons (Fsp3) is 0.310. The van der Waals surface area contributed by atoms with Gasteiger partial charge in [0.05, 0.1) is 34.3 Å². The monoisotopic (exact) mass is 591 g/mol. The molecule has 0 spiro atoms. The molecule has 2 heterocycles. The topological polar surface area (TPSA) is 143 Å². The van der Waals surface area contributed by atoms with E-state index in [0.29, 0.717) is 54.4 Å². The van der Waals surface area contributed by atoms with Crippen LogP contribution in [0, 0.1) is 5.92 Å². The molecule has 1 aliphatic rings. The molecule has 1 aliphatic carbocycles. The third kappa shape index (κ3) is 5.88. The number of aliphatic hydroxyl groups is 2. The molecule has 10 heteroatoms. The van der Waals surface area contributed by atoms with Crippen LogP contribution in [0.5, 0.6) is 5.75 Å². The van der Waals surface area contributed by atoms with Gasteiger partial charge in [-0.25, -0.2) is 15.0 Å². The van der Waals surface area contributed by atoms with E-state index in [0.717, 1.165) is 20.9 Å². The van der Waals surface area contributed by atoms with Gasteiger partial charge in [0.2, 0.25) is 0 Å². The molecule has 0 bridgehead atoms. The number of anilines is 2. The molecule has 5 rings (SSSR count). The number of nitrogens with two attached hydrogens (primary N) is 1. The van der Waals surface area contributed by atoms with Gasteiger partial charge in [0, 0.05) is 17.1 Å². The summed E-state index contributed by atoms with van der Waals surface area (Å²) in [7, 11) is 0. The van der Waals surface area contributed by atoms with Gasteiger partial charge in [-0.1, -0.05) is 12.1 Å². The average molecular weight is 592 g/mol. The number of carbonyl (C=O) groups excluding carboxylic acids is 1. The first kappa shape index (κ1) is 27.0. The summed E-state index contributed by atoms with van der Waals surface area (Å²) in [6, 6.07) is 14.4. The molecule has 0 radical (unpaired) electrons. The lowest BCUT2D eigenvalue weighted by molar-refractivity contribution is 0.0158. The number of ketones is 1. The van der Waals surface area contributed by atoms with Gasteiger partial charge in [-0.3, -0.25) is 4.79 Å². The van der Waals surface area contributed by atoms with Gasteiger partial charge in [0.1, 0.15) is 29.8 Å². The molecule has 0 amide bonds. The Labute approximate surface area is 234 Å². The molecular formula is C29H30BrN5O4. The number of rotatable bonds is 9. The van der Waals surface area contributed by atoms with Crippen molar-refractivity contribution in [1.82, 2.24) is 15.0 Å². The summed E-state index contributed by atoms with van der Waals surface area (Å²) in [6.07, 6.45) is 2.82. The summed E-state index contributed by atoms with van der Waals surface area (Å²) in [5.74, 6) is 1.06. The molecular weight excluding hydrogens is 562 g/mol. The van der Waals surface area contributed by atoms with E-state index in [1.54, 1.807) is 24.3 Å². The number of aryl methyl sites for hydroxylation is 1. The van der Waals surface area contributed by atoms with E-state index in [9.17, 15) is 15.0 Å². The Morgan fingerprint density at radius 1 is 1.15 bits per heavy atom. The van der Waals surface area contributed by atoms with Crippen LogP contribution in [0.1, 0.15) is 41.3 Å². The summed E-state index contributed by atoms with van der Waals surface area (Å²) in [4.78, 5) is 26.0. The van der Waals surface area contributed by atoms with Crippen molar-refractivity contribution in [2.24, 2.45) is 5.92 Å². The molecule has 9 nitrogen and oxygen atoms in total. The van der Waals surface area contributed by atoms with E-state index < -0.39 is 18.2 Å². The van der Waals surface area contributed by atoms with Crippen molar-refractivity contribution in [3.63, 3.8) is 0 Å². The SMILES string of the molecule is CCOc1ccc(C(=O)c2cncnc2N[C@@H]2C[C@H](CCc3ccc4cc(Br)c(N)nc4c3)[C@@H](O)[C@H]2O)cc1. The smallest absolute Gasteiger partial charge is 0.198 e. The van der Waals surface area contributed by atoms with E-state index in [1.807, 2.05) is 31.2 Å². The second-order valence-corrected chi connectivity index (χ2v) is 10.6. The van der Waals surface area contributed by atoms with Gasteiger partial charge in [-0.05, 0) is 90.0 Å². The maximum Gasteiger partial charge on any atom is 0.198 e. The highest BCUT2D eigenvalue weighted by Gasteiger charge is 2.41. The van der Waals surface area contributed by atoms with E-state index in [1.165, 1.54) is 12.5 Å². The third-order valence-electron chi connectivity index (χ3n) is 7.17. The summed E-state index contributed by atoms with van der Waals surface area (Å²) in [5, 5.41) is 25.8. The molecule has 5 N–H and O–H groups in total. The third-order valence-corrected chi connectivity index (χ3v) is 7.81. The van der Waals surface area contributed by atoms with Gasteiger partial charge in [-0.2, -0.15) is 0 Å². The number of ether oxygens (including phenoxy) is 1. The number of nitrogen functional groups attached to an aromatic ring is 1. The summed E-state index contributed by atoms with van der Waals surface area (Å²) >= 11 is 3.41. The first-order valence-corrected chi connectivity index (χ1v) is 13.7. The molecule has 0 unspecified atom stereocenters. The van der Waals surface area contributed by atoms with Crippen LogP contribution in [-0.4, -0.2) is 55.8 Å². The van der Waals surface area contributed by atoms with Crippen LogP contribution in [-0.2, 0) is 6.42 Å². The van der Waals surface area contributed by atoms with E-state index in [2.05, 4.69) is 36.2 Å². The van der Waals surface area contributed by atoms with Crippen molar-refractivity contribution in [2.75, 3.05) is 17.7 Å². The minimum atomic E-state index is -1.01. The quantitative estimate of drug-likeness (QED) is 0.211. The van der Waals surface area contributed by atoms with Crippen molar-refractivity contribution in [3.05, 3.63) is 82.2 Å². The van der Waals surface area contributed by atoms with Crippen LogP contribution in [0.2, 0.25) is 0 Å². The number of aliphatic hydroxyl groups excluding tert-OH is 2. The minimum Gasteiger partial charge on any atom is -0.494 e. The lowest BCUT2D eigenvalue weighted by atomic mass is 9.95. The van der Waals surface area contributed by atoms with Crippen LogP contribution < -0.4 is 15.8 Å². The van der Waals surface area contributed by atoms with Crippen molar-refractivity contribution >= 4 is 44.3 Å². The summed E-state index contributed by atoms with van der Waals surface area (Å²) in [6.45, 7) is 2.44. The number of nitrogens with zero attached hydrogens (tertiary/aromatic N) is 3. The number of hydrogen-bond acceptors (Lipinski definition) is 9. The highest BCUT2D eigenvalue weighted by Crippen LogP contribution is 2.33. The number of carbonyl (C=O) groups is 1. The molecule has 0 aliphatic heterocycles. The van der Waals surface area contributed by atoms with Crippen LogP contribution in [0.3, 0.4) is 0 Å². The minimum absolute atomic E-state index is 0.136. The van der Waals surface area contributed by atoms with Gasteiger partial charge < -0.3 is 26.0 Å². The Balaban J connectivity index is 1.26. The van der Waals surface area contributed by atoms with E-state index in [4.69, 9.17) is 10.5 Å². The maximum absolute atomic E-state index is 13.2. The first-order valence-electron chi connectivity index (χ1n) is 12.9. The number of pyridine rings is 1. The highest BCUT2D eigenvalue weighted by atomic mass is 79.9. The normalized spacial score (nSPS) is 20.7. The number of aromatic nitrogens is 3. The molecule has 1 saturated carbocycles. The largest absolute Gasteiger partial charge is 0.494 e. The van der Waals surface area contributed by atoms with Crippen molar-refractivity contribution in [3.8, 4) is 5.75 Å². The highest BCUT2D eigenvalue weighted by molar-refractivity contribution is 9.10. The molecule has 202 valence electrons. The predicted octanol–water partition coefficient (Wildman–Crippen LogP) is 4.15. The summed E-state index contributed by atoms with van der Waals surface area (Å²) < 4.78 is 6.22. The predicted molar refractivity (Wildman–Crippen MR) is 153 cm³/mol. The Hall–Kier alpha value is -3.60. The average Bonchev–Trinajstić information content (AvgIpc) is 3.21. The molecule has 39 heavy (non-hydrogen) atoms. The zero-order valence-corrected chi connectivity index (χ0v) is 23.0. The van der Waals surface area contributed by atoms with Gasteiger partial charge in [-0.15, -0.1) is 0 Å². The Kier molecular flexibility index (Phi) is 8.06. The zero-order chi connectivity index (χ0) is 27.5. The Bertz CT molecular complexity index is 1480. The molecule has 0 saturated heterocycles. The first-order chi connectivity index (χ1) is 18.8. The standard InChI is InChI=1S/C29H30BrN5O4/c1-2-39-20-9-7-17(8-10-20)25(36)21-14-32-15-33-29(21)35-24-13-19(26(37)27(24)38)6-4-16-3-5-18-12-22(30)28(31)34-23(18)11-16/h3,5,7-12,14-15,19,24,26-27,37-38H,2,4,6,13H2,1H3,(H2,31,34)(H,32,33,35)/t19-,24+,26+,27-/m0/s1. The van der Waals surface area contributed by atoms with Crippen LogP contribution in [0.4, 0.5) is 11.6 Å². The fourth-order valence-electron chi connectivity index (χ4n) is 5.08. The van der Waals surface area contributed by atoms with Crippen molar-refractivity contribution in [2.45, 2.75) is 44.4 Å². The number of benzene rings is 2. The van der Waals surface area contributed by atoms with Crippen molar-refractivity contribution < 1.29 is 19.7 Å². The fourth-order valence-corrected chi connectivity index (χ4v) is 5.41. The number of fused-ring (bicyclic) bond motifs is 1. The lowest BCUT2D eigenvalue weighted by Gasteiger charge is -2.19.